The van der Waals surface area contributed by atoms with Gasteiger partial charge < -0.3 is 20.6 Å². The van der Waals surface area contributed by atoms with Crippen LogP contribution in [0.15, 0.2) is 23.4 Å². The highest BCUT2D eigenvalue weighted by atomic mass is 32.2. The number of nitrogens with zero attached hydrogens (tertiary/aromatic N) is 3. The van der Waals surface area contributed by atoms with Crippen LogP contribution in [0.25, 0.3) is 0 Å². The third kappa shape index (κ3) is 5.19. The lowest BCUT2D eigenvalue weighted by atomic mass is 9.78. The number of nitrogens with two attached hydrogens (primary N) is 1. The first-order valence-electron chi connectivity index (χ1n) is 10.2. The third-order valence-corrected chi connectivity index (χ3v) is 6.87. The second-order valence-corrected chi connectivity index (χ2v) is 8.81. The Labute approximate surface area is 181 Å². The van der Waals surface area contributed by atoms with E-state index in [2.05, 4.69) is 29.4 Å². The van der Waals surface area contributed by atoms with Crippen molar-refractivity contribution < 1.29 is 14.3 Å². The molecule has 0 radical (unpaired) electrons. The Bertz CT molecular complexity index is 872. The zero-order valence-corrected chi connectivity index (χ0v) is 18.9. The van der Waals surface area contributed by atoms with Gasteiger partial charge in [-0.1, -0.05) is 44.5 Å². The van der Waals surface area contributed by atoms with Gasteiger partial charge in [-0.15, -0.1) is 10.2 Å². The maximum Gasteiger partial charge on any atom is 0.230 e. The van der Waals surface area contributed by atoms with Crippen molar-refractivity contribution in [2.24, 2.45) is 11.8 Å². The van der Waals surface area contributed by atoms with Crippen molar-refractivity contribution in [2.45, 2.75) is 50.7 Å². The van der Waals surface area contributed by atoms with Crippen LogP contribution in [0.2, 0.25) is 0 Å². The minimum Gasteiger partial charge on any atom is -0.493 e. The Kier molecular flexibility index (Phi) is 7.47. The molecule has 1 aromatic carbocycles. The normalized spacial score (nSPS) is 21.3. The van der Waals surface area contributed by atoms with Crippen LogP contribution in [0.4, 0.5) is 0 Å². The number of benzene rings is 1. The first-order chi connectivity index (χ1) is 14.4. The van der Waals surface area contributed by atoms with E-state index >= 15 is 0 Å². The van der Waals surface area contributed by atoms with Crippen LogP contribution >= 0.6 is 11.8 Å². The molecular weight excluding hydrogens is 402 g/mol. The highest BCUT2D eigenvalue weighted by Gasteiger charge is 2.28. The van der Waals surface area contributed by atoms with Crippen molar-refractivity contribution in [3.63, 3.8) is 0 Å². The lowest BCUT2D eigenvalue weighted by Gasteiger charge is -2.34. The molecule has 164 valence electrons. The highest BCUT2D eigenvalue weighted by molar-refractivity contribution is 7.99. The molecule has 1 fully saturated rings. The van der Waals surface area contributed by atoms with Crippen LogP contribution in [-0.4, -0.2) is 46.8 Å². The number of nitrogens with one attached hydrogen (secondary N) is 1. The topological polar surface area (TPSA) is 104 Å². The van der Waals surface area contributed by atoms with Gasteiger partial charge in [-0.25, -0.2) is 4.68 Å². The van der Waals surface area contributed by atoms with Crippen LogP contribution in [0.3, 0.4) is 0 Å². The fourth-order valence-corrected chi connectivity index (χ4v) is 4.55. The first-order valence-corrected chi connectivity index (χ1v) is 11.2. The standard InChI is InChI=1S/C21H31N5O3S/c1-13-6-5-7-16(14(13)2)23-20(27)12-30-21-25-24-19(26(21)22)11-15-8-9-17(28-3)18(10-15)29-4/h8-10,13-14,16H,5-7,11-12,22H2,1-4H3,(H,23,27)/t13-,14+,16+/m0/s1. The molecule has 8 nitrogen and oxygen atoms in total. The lowest BCUT2D eigenvalue weighted by molar-refractivity contribution is -0.120. The monoisotopic (exact) mass is 433 g/mol. The molecular formula is C21H31N5O3S. The maximum absolute atomic E-state index is 12.4. The smallest absolute Gasteiger partial charge is 0.230 e. The van der Waals surface area contributed by atoms with Crippen LogP contribution in [0, 0.1) is 11.8 Å². The number of amides is 1. The molecule has 1 aromatic heterocycles. The van der Waals surface area contributed by atoms with E-state index in [1.54, 1.807) is 14.2 Å². The van der Waals surface area contributed by atoms with Crippen LogP contribution < -0.4 is 20.6 Å². The Morgan fingerprint density at radius 1 is 1.23 bits per heavy atom. The predicted octanol–water partition coefficient (Wildman–Crippen LogP) is 2.63. The van der Waals surface area contributed by atoms with Gasteiger partial charge >= 0.3 is 0 Å². The Balaban J connectivity index is 1.57. The molecule has 0 spiro atoms. The number of methoxy groups -OCH3 is 2. The summed E-state index contributed by atoms with van der Waals surface area (Å²) in [6, 6.07) is 5.92. The molecule has 2 aromatic rings. The minimum atomic E-state index is 0.00962. The van der Waals surface area contributed by atoms with Crippen molar-refractivity contribution in [2.75, 3.05) is 25.8 Å². The van der Waals surface area contributed by atoms with Crippen molar-refractivity contribution in [1.82, 2.24) is 20.2 Å². The van der Waals surface area contributed by atoms with Crippen LogP contribution in [0.1, 0.15) is 44.5 Å². The first kappa shape index (κ1) is 22.3. The summed E-state index contributed by atoms with van der Waals surface area (Å²) in [6.07, 6.45) is 3.94. The Hall–Kier alpha value is -2.42. The van der Waals surface area contributed by atoms with E-state index in [0.29, 0.717) is 40.7 Å². The molecule has 0 unspecified atom stereocenters. The summed E-state index contributed by atoms with van der Waals surface area (Å²) in [5.41, 5.74) is 0.974. The number of hydrogen-bond donors (Lipinski definition) is 2. The summed E-state index contributed by atoms with van der Waals surface area (Å²) in [7, 11) is 3.20. The number of rotatable bonds is 8. The molecule has 3 rings (SSSR count). The molecule has 9 heteroatoms. The molecule has 1 saturated carbocycles. The zero-order valence-electron chi connectivity index (χ0n) is 18.1. The van der Waals surface area contributed by atoms with Gasteiger partial charge in [0.05, 0.1) is 20.0 Å². The van der Waals surface area contributed by atoms with Gasteiger partial charge in [0.15, 0.2) is 17.3 Å². The van der Waals surface area contributed by atoms with Crippen molar-refractivity contribution >= 4 is 17.7 Å². The van der Waals surface area contributed by atoms with Crippen LogP contribution in [0.5, 0.6) is 11.5 Å². The molecule has 1 heterocycles. The number of carbonyl (C=O) groups is 1. The molecule has 3 N–H and O–H groups in total. The fraction of sp³-hybridized carbons (Fsp3) is 0.571. The molecule has 1 aliphatic rings. The summed E-state index contributed by atoms with van der Waals surface area (Å²) in [5, 5.41) is 12.0. The average molecular weight is 434 g/mol. The molecule has 0 saturated heterocycles. The molecule has 1 amide bonds. The SMILES string of the molecule is COc1ccc(Cc2nnc(SCC(=O)N[C@@H]3CCC[C@H](C)[C@H]3C)n2N)cc1OC. The van der Waals surface area contributed by atoms with E-state index < -0.39 is 0 Å². The van der Waals surface area contributed by atoms with E-state index in [1.807, 2.05) is 18.2 Å². The zero-order chi connectivity index (χ0) is 21.7. The number of aromatic nitrogens is 3. The maximum atomic E-state index is 12.4. The van der Waals surface area contributed by atoms with E-state index in [9.17, 15) is 4.79 Å². The summed E-state index contributed by atoms with van der Waals surface area (Å²) in [4.78, 5) is 12.4. The van der Waals surface area contributed by atoms with Gasteiger partial charge in [0.25, 0.3) is 0 Å². The predicted molar refractivity (Wildman–Crippen MR) is 117 cm³/mol. The summed E-state index contributed by atoms with van der Waals surface area (Å²) in [5.74, 6) is 9.51. The third-order valence-electron chi connectivity index (χ3n) is 5.93. The largest absolute Gasteiger partial charge is 0.493 e. The van der Waals surface area contributed by atoms with Gasteiger partial charge in [0, 0.05) is 12.5 Å². The molecule has 0 bridgehead atoms. The molecule has 3 atom stereocenters. The highest BCUT2D eigenvalue weighted by Crippen LogP contribution is 2.30. The van der Waals surface area contributed by atoms with E-state index in [1.165, 1.54) is 29.3 Å². The van der Waals surface area contributed by atoms with Gasteiger partial charge in [-0.3, -0.25) is 4.79 Å². The number of hydrogen-bond acceptors (Lipinski definition) is 7. The van der Waals surface area contributed by atoms with E-state index in [0.717, 1.165) is 12.0 Å². The van der Waals surface area contributed by atoms with Crippen LogP contribution in [-0.2, 0) is 11.2 Å². The Morgan fingerprint density at radius 2 is 2.00 bits per heavy atom. The molecule has 0 aliphatic heterocycles. The molecule has 30 heavy (non-hydrogen) atoms. The summed E-state index contributed by atoms with van der Waals surface area (Å²) < 4.78 is 12.1. The van der Waals surface area contributed by atoms with Crippen molar-refractivity contribution in [3.8, 4) is 11.5 Å². The quantitative estimate of drug-likeness (QED) is 0.487. The second kappa shape index (κ2) is 10.1. The van der Waals surface area contributed by atoms with E-state index in [4.69, 9.17) is 15.3 Å². The summed E-state index contributed by atoms with van der Waals surface area (Å²) in [6.45, 7) is 4.48. The van der Waals surface area contributed by atoms with Gasteiger partial charge in [0.2, 0.25) is 11.1 Å². The Morgan fingerprint density at radius 3 is 2.73 bits per heavy atom. The van der Waals surface area contributed by atoms with Gasteiger partial charge in [-0.2, -0.15) is 0 Å². The van der Waals surface area contributed by atoms with Gasteiger partial charge in [-0.05, 0) is 36.0 Å². The van der Waals surface area contributed by atoms with Crippen molar-refractivity contribution in [1.29, 1.82) is 0 Å². The van der Waals surface area contributed by atoms with Crippen molar-refractivity contribution in [3.05, 3.63) is 29.6 Å². The number of thioether (sulfide) groups is 1. The minimum absolute atomic E-state index is 0.00962. The van der Waals surface area contributed by atoms with E-state index in [-0.39, 0.29) is 17.7 Å². The number of nitrogen functional groups attached to an aromatic ring is 1. The number of ether oxygens (including phenoxy) is 2. The summed E-state index contributed by atoms with van der Waals surface area (Å²) >= 11 is 1.30. The second-order valence-electron chi connectivity index (χ2n) is 7.86. The fourth-order valence-electron chi connectivity index (χ4n) is 3.86. The van der Waals surface area contributed by atoms with Gasteiger partial charge in [0.1, 0.15) is 0 Å². The average Bonchev–Trinajstić information content (AvgIpc) is 3.09. The lowest BCUT2D eigenvalue weighted by Crippen LogP contribution is -2.44. The number of carbonyl (C=O) groups excluding carboxylic acids is 1. The molecule has 1 aliphatic carbocycles.